The van der Waals surface area contributed by atoms with Gasteiger partial charge in [0, 0.05) is 38.8 Å². The van der Waals surface area contributed by atoms with E-state index in [1.165, 1.54) is 6.42 Å². The number of piperidine rings is 1. The molecule has 0 bridgehead atoms. The maximum atomic E-state index is 12.6. The zero-order chi connectivity index (χ0) is 18.6. The molecule has 0 radical (unpaired) electrons. The molecular weight excluding hydrogens is 346 g/mol. The fourth-order valence-electron chi connectivity index (χ4n) is 3.87. The molecule has 0 aliphatic carbocycles. The molecule has 0 saturated carbocycles. The first kappa shape index (κ1) is 18.2. The Kier molecular flexibility index (Phi) is 5.54. The van der Waals surface area contributed by atoms with Crippen molar-refractivity contribution in [3.63, 3.8) is 0 Å². The third-order valence-corrected chi connectivity index (χ3v) is 5.52. The van der Waals surface area contributed by atoms with Crippen molar-refractivity contribution in [3.05, 3.63) is 24.3 Å². The molecule has 8 nitrogen and oxygen atoms in total. The summed E-state index contributed by atoms with van der Waals surface area (Å²) in [6.45, 7) is 7.77. The van der Waals surface area contributed by atoms with E-state index in [4.69, 9.17) is 8.94 Å². The Morgan fingerprint density at radius 2 is 2.00 bits per heavy atom. The number of nitrogens with zero attached hydrogens (tertiary/aromatic N) is 5. The summed E-state index contributed by atoms with van der Waals surface area (Å²) in [4.78, 5) is 23.6. The molecule has 2 aliphatic rings. The van der Waals surface area contributed by atoms with Crippen molar-refractivity contribution >= 4 is 5.91 Å². The lowest BCUT2D eigenvalue weighted by atomic mass is 10.0. The maximum absolute atomic E-state index is 12.6. The molecule has 8 heteroatoms. The largest absolute Gasteiger partial charge is 0.461 e. The SMILES string of the molecule is CC1CCCCN1C(=O)CN1CCN(Cc2nc(-c3ccco3)no2)CC1. The van der Waals surface area contributed by atoms with E-state index in [1.807, 2.05) is 6.07 Å². The fraction of sp³-hybridized carbons (Fsp3) is 0.632. The van der Waals surface area contributed by atoms with Gasteiger partial charge in [0.05, 0.1) is 19.4 Å². The van der Waals surface area contributed by atoms with Crippen LogP contribution in [0, 0.1) is 0 Å². The molecule has 2 fully saturated rings. The minimum Gasteiger partial charge on any atom is -0.461 e. The van der Waals surface area contributed by atoms with E-state index in [0.29, 0.717) is 36.6 Å². The summed E-state index contributed by atoms with van der Waals surface area (Å²) in [5.74, 6) is 1.96. The summed E-state index contributed by atoms with van der Waals surface area (Å²) >= 11 is 0. The van der Waals surface area contributed by atoms with Crippen molar-refractivity contribution in [1.82, 2.24) is 24.8 Å². The Balaban J connectivity index is 1.24. The van der Waals surface area contributed by atoms with Gasteiger partial charge in [0.2, 0.25) is 17.6 Å². The number of carbonyl (C=O) groups excluding carboxylic acids is 1. The highest BCUT2D eigenvalue weighted by Gasteiger charge is 2.26. The Bertz CT molecular complexity index is 736. The van der Waals surface area contributed by atoms with Gasteiger partial charge in [-0.3, -0.25) is 14.6 Å². The molecule has 2 saturated heterocycles. The molecule has 0 N–H and O–H groups in total. The molecule has 0 spiro atoms. The van der Waals surface area contributed by atoms with Crippen LogP contribution in [0.1, 0.15) is 32.1 Å². The number of amides is 1. The molecule has 0 aromatic carbocycles. The lowest BCUT2D eigenvalue weighted by Crippen LogP contribution is -2.51. The number of hydrogen-bond donors (Lipinski definition) is 0. The number of likely N-dealkylation sites (tertiary alicyclic amines) is 1. The Morgan fingerprint density at radius 3 is 2.74 bits per heavy atom. The summed E-state index contributed by atoms with van der Waals surface area (Å²) in [6.07, 6.45) is 5.09. The van der Waals surface area contributed by atoms with Crippen LogP contribution in [0.2, 0.25) is 0 Å². The van der Waals surface area contributed by atoms with Crippen molar-refractivity contribution in [2.45, 2.75) is 38.8 Å². The minimum atomic E-state index is 0.274. The first-order chi connectivity index (χ1) is 13.2. The number of aromatic nitrogens is 2. The molecule has 1 atom stereocenters. The lowest BCUT2D eigenvalue weighted by molar-refractivity contribution is -0.136. The van der Waals surface area contributed by atoms with Gasteiger partial charge in [0.1, 0.15) is 0 Å². The molecule has 2 aliphatic heterocycles. The van der Waals surface area contributed by atoms with Crippen molar-refractivity contribution in [1.29, 1.82) is 0 Å². The van der Waals surface area contributed by atoms with Gasteiger partial charge in [0.15, 0.2) is 5.76 Å². The number of rotatable bonds is 5. The molecule has 27 heavy (non-hydrogen) atoms. The minimum absolute atomic E-state index is 0.274. The number of carbonyl (C=O) groups is 1. The highest BCUT2D eigenvalue weighted by atomic mass is 16.5. The average Bonchev–Trinajstić information content (AvgIpc) is 3.35. The van der Waals surface area contributed by atoms with Crippen molar-refractivity contribution in [2.75, 3.05) is 39.3 Å². The van der Waals surface area contributed by atoms with E-state index in [2.05, 4.69) is 31.8 Å². The smallest absolute Gasteiger partial charge is 0.241 e. The number of furan rings is 1. The van der Waals surface area contributed by atoms with Gasteiger partial charge in [0.25, 0.3) is 0 Å². The van der Waals surface area contributed by atoms with Gasteiger partial charge in [-0.2, -0.15) is 4.98 Å². The van der Waals surface area contributed by atoms with Crippen molar-refractivity contribution in [3.8, 4) is 11.6 Å². The number of hydrogen-bond acceptors (Lipinski definition) is 7. The molecule has 1 amide bonds. The van der Waals surface area contributed by atoms with Crippen molar-refractivity contribution in [2.24, 2.45) is 0 Å². The second kappa shape index (κ2) is 8.22. The Hall–Kier alpha value is -2.19. The summed E-state index contributed by atoms with van der Waals surface area (Å²) < 4.78 is 10.6. The number of piperazine rings is 1. The molecular formula is C19H27N5O3. The van der Waals surface area contributed by atoms with Crippen LogP contribution >= 0.6 is 0 Å². The molecule has 4 rings (SSSR count). The molecule has 1 unspecified atom stereocenters. The second-order valence-corrected chi connectivity index (χ2v) is 7.47. The predicted octanol–water partition coefficient (Wildman–Crippen LogP) is 1.85. The summed E-state index contributed by atoms with van der Waals surface area (Å²) in [5, 5.41) is 3.97. The predicted molar refractivity (Wildman–Crippen MR) is 98.7 cm³/mol. The van der Waals surface area contributed by atoms with Crippen molar-refractivity contribution < 1.29 is 13.7 Å². The van der Waals surface area contributed by atoms with E-state index in [1.54, 1.807) is 12.3 Å². The second-order valence-electron chi connectivity index (χ2n) is 7.47. The van der Waals surface area contributed by atoms with Gasteiger partial charge in [-0.15, -0.1) is 0 Å². The van der Waals surface area contributed by atoms with Gasteiger partial charge < -0.3 is 13.8 Å². The molecule has 2 aromatic heterocycles. The van der Waals surface area contributed by atoms with Crippen LogP contribution < -0.4 is 0 Å². The van der Waals surface area contributed by atoms with Gasteiger partial charge in [-0.25, -0.2) is 0 Å². The van der Waals surface area contributed by atoms with Gasteiger partial charge in [-0.1, -0.05) is 5.16 Å². The molecule has 146 valence electrons. The quantitative estimate of drug-likeness (QED) is 0.791. The van der Waals surface area contributed by atoms with Crippen LogP contribution in [0.3, 0.4) is 0 Å². The maximum Gasteiger partial charge on any atom is 0.241 e. The zero-order valence-corrected chi connectivity index (χ0v) is 15.8. The van der Waals surface area contributed by atoms with Crippen LogP contribution in [0.4, 0.5) is 0 Å². The first-order valence-electron chi connectivity index (χ1n) is 9.79. The Morgan fingerprint density at radius 1 is 1.19 bits per heavy atom. The van der Waals surface area contributed by atoms with E-state index in [-0.39, 0.29) is 5.91 Å². The van der Waals surface area contributed by atoms with E-state index in [9.17, 15) is 4.79 Å². The summed E-state index contributed by atoms with van der Waals surface area (Å²) in [5.41, 5.74) is 0. The summed E-state index contributed by atoms with van der Waals surface area (Å²) in [6, 6.07) is 4.00. The van der Waals surface area contributed by atoms with Crippen LogP contribution in [-0.2, 0) is 11.3 Å². The van der Waals surface area contributed by atoms with Crippen LogP contribution in [0.15, 0.2) is 27.3 Å². The standard InChI is InChI=1S/C19H27N5O3/c1-15-5-2-3-7-24(15)18(25)14-23-10-8-22(9-11-23)13-17-20-19(21-27-17)16-6-4-12-26-16/h4,6,12,15H,2-3,5,7-11,13-14H2,1H3. The van der Waals surface area contributed by atoms with Crippen LogP contribution in [-0.4, -0.2) is 76.1 Å². The third kappa shape index (κ3) is 4.39. The highest BCUT2D eigenvalue weighted by molar-refractivity contribution is 5.78. The third-order valence-electron chi connectivity index (χ3n) is 5.52. The Labute approximate surface area is 159 Å². The lowest BCUT2D eigenvalue weighted by Gasteiger charge is -2.37. The van der Waals surface area contributed by atoms with E-state index >= 15 is 0 Å². The van der Waals surface area contributed by atoms with Crippen LogP contribution in [0.25, 0.3) is 11.6 Å². The molecule has 2 aromatic rings. The van der Waals surface area contributed by atoms with E-state index in [0.717, 1.165) is 45.6 Å². The normalized spacial score (nSPS) is 22.3. The summed E-state index contributed by atoms with van der Waals surface area (Å²) in [7, 11) is 0. The van der Waals surface area contributed by atoms with Gasteiger partial charge in [-0.05, 0) is 38.3 Å². The van der Waals surface area contributed by atoms with Gasteiger partial charge >= 0.3 is 0 Å². The topological polar surface area (TPSA) is 78.9 Å². The monoisotopic (exact) mass is 373 g/mol. The zero-order valence-electron chi connectivity index (χ0n) is 15.8. The first-order valence-corrected chi connectivity index (χ1v) is 9.79. The van der Waals surface area contributed by atoms with Crippen LogP contribution in [0.5, 0.6) is 0 Å². The fourth-order valence-corrected chi connectivity index (χ4v) is 3.87. The average molecular weight is 373 g/mol. The highest BCUT2D eigenvalue weighted by Crippen LogP contribution is 2.18. The molecule has 4 heterocycles. The van der Waals surface area contributed by atoms with E-state index < -0.39 is 0 Å².